The first kappa shape index (κ1) is 20.3. The van der Waals surface area contributed by atoms with Crippen LogP contribution in [0.25, 0.3) is 0 Å². The summed E-state index contributed by atoms with van der Waals surface area (Å²) in [5, 5.41) is 13.1. The van der Waals surface area contributed by atoms with E-state index in [0.29, 0.717) is 16.6 Å². The highest BCUT2D eigenvalue weighted by atomic mass is 35.5. The zero-order valence-electron chi connectivity index (χ0n) is 16.6. The minimum Gasteiger partial charge on any atom is -0.507 e. The molecule has 0 bridgehead atoms. The smallest absolute Gasteiger partial charge is 0.259 e. The highest BCUT2D eigenvalue weighted by Gasteiger charge is 2.28. The average Bonchev–Trinajstić information content (AvgIpc) is 2.78. The van der Waals surface area contributed by atoms with Crippen molar-refractivity contribution in [3.63, 3.8) is 0 Å². The molecule has 2 N–H and O–H groups in total. The van der Waals surface area contributed by atoms with E-state index >= 15 is 0 Å². The van der Waals surface area contributed by atoms with Gasteiger partial charge in [-0.1, -0.05) is 48.4 Å². The summed E-state index contributed by atoms with van der Waals surface area (Å²) < 4.78 is 6.33. The lowest BCUT2D eigenvalue weighted by Gasteiger charge is -2.32. The van der Waals surface area contributed by atoms with Crippen molar-refractivity contribution in [2.75, 3.05) is 5.32 Å². The molecule has 4 rings (SSSR count). The Bertz CT molecular complexity index is 1000. The van der Waals surface area contributed by atoms with E-state index in [4.69, 9.17) is 16.3 Å². The zero-order chi connectivity index (χ0) is 20.9. The molecule has 3 aromatic carbocycles. The molecule has 2 atom stereocenters. The summed E-state index contributed by atoms with van der Waals surface area (Å²) in [6.45, 7) is 0. The van der Waals surface area contributed by atoms with Crippen molar-refractivity contribution in [2.45, 2.75) is 37.7 Å². The van der Waals surface area contributed by atoms with Crippen molar-refractivity contribution >= 4 is 23.2 Å². The third-order valence-electron chi connectivity index (χ3n) is 5.53. The Kier molecular flexibility index (Phi) is 6.24. The number of carbonyl (C=O) groups excluding carboxylic acids is 1. The van der Waals surface area contributed by atoms with Gasteiger partial charge in [0.25, 0.3) is 5.91 Å². The summed E-state index contributed by atoms with van der Waals surface area (Å²) in [5.74, 6) is 0.651. The number of hydrogen-bond acceptors (Lipinski definition) is 3. The van der Waals surface area contributed by atoms with E-state index in [9.17, 15) is 9.90 Å². The minimum atomic E-state index is -0.417. The van der Waals surface area contributed by atoms with Gasteiger partial charge in [0.2, 0.25) is 0 Å². The van der Waals surface area contributed by atoms with Gasteiger partial charge in [-0.2, -0.15) is 0 Å². The van der Waals surface area contributed by atoms with Crippen LogP contribution in [-0.2, 0) is 0 Å². The second-order valence-electron chi connectivity index (χ2n) is 7.60. The van der Waals surface area contributed by atoms with Crippen molar-refractivity contribution in [1.82, 2.24) is 0 Å². The van der Waals surface area contributed by atoms with Gasteiger partial charge in [0.05, 0.1) is 5.56 Å². The first-order chi connectivity index (χ1) is 14.6. The highest BCUT2D eigenvalue weighted by molar-refractivity contribution is 6.31. The molecular formula is C25H24ClNO3. The lowest BCUT2D eigenvalue weighted by molar-refractivity contribution is 0.102. The van der Waals surface area contributed by atoms with E-state index in [1.807, 2.05) is 18.2 Å². The van der Waals surface area contributed by atoms with Crippen LogP contribution in [0.2, 0.25) is 5.02 Å². The first-order valence-electron chi connectivity index (χ1n) is 10.2. The Balaban J connectivity index is 1.43. The molecule has 3 aromatic rings. The molecule has 30 heavy (non-hydrogen) atoms. The third kappa shape index (κ3) is 4.77. The largest absolute Gasteiger partial charge is 0.507 e. The number of anilines is 1. The fourth-order valence-corrected chi connectivity index (χ4v) is 4.17. The lowest BCUT2D eigenvalue weighted by Crippen LogP contribution is -2.28. The molecule has 0 aliphatic heterocycles. The van der Waals surface area contributed by atoms with Crippen molar-refractivity contribution in [2.24, 2.45) is 0 Å². The average molecular weight is 422 g/mol. The lowest BCUT2D eigenvalue weighted by atomic mass is 9.81. The van der Waals surface area contributed by atoms with Gasteiger partial charge in [-0.25, -0.2) is 0 Å². The van der Waals surface area contributed by atoms with Crippen molar-refractivity contribution in [1.29, 1.82) is 0 Å². The van der Waals surface area contributed by atoms with Gasteiger partial charge in [-0.15, -0.1) is 0 Å². The van der Waals surface area contributed by atoms with Crippen LogP contribution in [0.3, 0.4) is 0 Å². The predicted octanol–water partition coefficient (Wildman–Crippen LogP) is 6.40. The number of carbonyl (C=O) groups is 1. The van der Waals surface area contributed by atoms with Gasteiger partial charge < -0.3 is 15.2 Å². The normalized spacial score (nSPS) is 18.6. The van der Waals surface area contributed by atoms with Crippen molar-refractivity contribution in [3.8, 4) is 11.5 Å². The zero-order valence-corrected chi connectivity index (χ0v) is 17.3. The number of phenolic OH excluding ortho intramolecular Hbond substituents is 1. The second kappa shape index (κ2) is 9.23. The number of rotatable bonds is 5. The number of ether oxygens (including phenoxy) is 1. The number of nitrogens with one attached hydrogen (secondary N) is 1. The van der Waals surface area contributed by atoms with Crippen molar-refractivity contribution in [3.05, 3.63) is 88.9 Å². The Morgan fingerprint density at radius 3 is 2.47 bits per heavy atom. The summed E-state index contributed by atoms with van der Waals surface area (Å²) in [5.41, 5.74) is 2.08. The number of halogens is 1. The fourth-order valence-electron chi connectivity index (χ4n) is 4.00. The maximum Gasteiger partial charge on any atom is 0.259 e. The quantitative estimate of drug-likeness (QED) is 0.500. The predicted molar refractivity (Wildman–Crippen MR) is 120 cm³/mol. The van der Waals surface area contributed by atoms with E-state index in [2.05, 4.69) is 29.6 Å². The first-order valence-corrected chi connectivity index (χ1v) is 10.6. The third-order valence-corrected chi connectivity index (χ3v) is 5.77. The molecule has 5 heteroatoms. The van der Waals surface area contributed by atoms with Crippen LogP contribution in [0.1, 0.15) is 47.5 Å². The van der Waals surface area contributed by atoms with E-state index in [0.717, 1.165) is 18.6 Å². The number of benzene rings is 3. The molecule has 0 spiro atoms. The Hall–Kier alpha value is -2.98. The fraction of sp³-hybridized carbons (Fsp3) is 0.240. The molecule has 0 aromatic heterocycles. The topological polar surface area (TPSA) is 58.6 Å². The molecule has 4 nitrogen and oxygen atoms in total. The van der Waals surface area contributed by atoms with Crippen LogP contribution in [-0.4, -0.2) is 17.1 Å². The summed E-state index contributed by atoms with van der Waals surface area (Å²) in [6.07, 6.45) is 4.70. The molecule has 1 aliphatic rings. The van der Waals surface area contributed by atoms with Crippen LogP contribution in [0.5, 0.6) is 11.5 Å². The van der Waals surface area contributed by atoms with Gasteiger partial charge in [-0.05, 0) is 67.3 Å². The van der Waals surface area contributed by atoms with Gasteiger partial charge in [0, 0.05) is 16.6 Å². The molecule has 0 radical (unpaired) electrons. The van der Waals surface area contributed by atoms with Crippen LogP contribution in [0.4, 0.5) is 5.69 Å². The SMILES string of the molecule is O=C(Nc1ccc(O[C@@H]2CCCC[C@@H]2c2ccccc2)cc1)c1cc(Cl)ccc1O. The molecule has 154 valence electrons. The number of hydrogen-bond donors (Lipinski definition) is 2. The van der Waals surface area contributed by atoms with Crippen LogP contribution < -0.4 is 10.1 Å². The molecule has 0 unspecified atom stereocenters. The maximum absolute atomic E-state index is 12.4. The molecule has 0 heterocycles. The molecule has 1 saturated carbocycles. The molecule has 1 fully saturated rings. The maximum atomic E-state index is 12.4. The monoisotopic (exact) mass is 421 g/mol. The minimum absolute atomic E-state index is 0.110. The Labute approximate surface area is 181 Å². The van der Waals surface area contributed by atoms with E-state index < -0.39 is 5.91 Å². The Morgan fingerprint density at radius 1 is 0.967 bits per heavy atom. The molecule has 1 aliphatic carbocycles. The summed E-state index contributed by atoms with van der Waals surface area (Å²) in [4.78, 5) is 12.4. The number of amides is 1. The molecule has 0 saturated heterocycles. The number of aromatic hydroxyl groups is 1. The van der Waals surface area contributed by atoms with E-state index in [1.54, 1.807) is 12.1 Å². The molecular weight excluding hydrogens is 398 g/mol. The van der Waals surface area contributed by atoms with Crippen molar-refractivity contribution < 1.29 is 14.6 Å². The summed E-state index contributed by atoms with van der Waals surface area (Å²) in [7, 11) is 0. The second-order valence-corrected chi connectivity index (χ2v) is 8.03. The van der Waals surface area contributed by atoms with Crippen LogP contribution in [0.15, 0.2) is 72.8 Å². The van der Waals surface area contributed by atoms with Gasteiger partial charge >= 0.3 is 0 Å². The van der Waals surface area contributed by atoms with Crippen LogP contribution >= 0.6 is 11.6 Å². The van der Waals surface area contributed by atoms with Gasteiger partial charge in [0.15, 0.2) is 0 Å². The summed E-state index contributed by atoms with van der Waals surface area (Å²) >= 11 is 5.93. The molecule has 1 amide bonds. The number of phenols is 1. The summed E-state index contributed by atoms with van der Waals surface area (Å²) in [6, 6.07) is 22.3. The van der Waals surface area contributed by atoms with Crippen LogP contribution in [0, 0.1) is 0 Å². The highest BCUT2D eigenvalue weighted by Crippen LogP contribution is 2.36. The standard InChI is InChI=1S/C25H24ClNO3/c26-18-10-15-23(28)22(16-18)25(29)27-19-11-13-20(14-12-19)30-24-9-5-4-8-21(24)17-6-2-1-3-7-17/h1-3,6-7,10-16,21,24,28H,4-5,8-9H2,(H,27,29)/t21-,24-/m1/s1. The van der Waals surface area contributed by atoms with Gasteiger partial charge in [0.1, 0.15) is 17.6 Å². The van der Waals surface area contributed by atoms with E-state index in [1.165, 1.54) is 36.6 Å². The van der Waals surface area contributed by atoms with E-state index in [-0.39, 0.29) is 17.4 Å². The Morgan fingerprint density at radius 2 is 1.70 bits per heavy atom. The van der Waals surface area contributed by atoms with Gasteiger partial charge in [-0.3, -0.25) is 4.79 Å².